The van der Waals surface area contributed by atoms with Gasteiger partial charge in [-0.15, -0.1) is 23.5 Å². The molecule has 0 saturated carbocycles. The van der Waals surface area contributed by atoms with Gasteiger partial charge in [-0.05, 0) is 61.0 Å². The number of unbranched alkanes of at least 4 members (excludes halogenated alkanes) is 17. The number of hydrogen-bond donors (Lipinski definition) is 0. The smallest absolute Gasteiger partial charge is 0.00858 e. The Bertz CT molecular complexity index is 512. The molecule has 2 heteroatoms. The number of aryl methyl sites for hydroxylation is 1. The van der Waals surface area contributed by atoms with Gasteiger partial charge in [0.25, 0.3) is 0 Å². The summed E-state index contributed by atoms with van der Waals surface area (Å²) < 4.78 is 0. The molecule has 1 radical (unpaired) electrons. The highest BCUT2D eigenvalue weighted by atomic mass is 32.2. The van der Waals surface area contributed by atoms with E-state index in [9.17, 15) is 0 Å². The summed E-state index contributed by atoms with van der Waals surface area (Å²) in [7, 11) is 0. The van der Waals surface area contributed by atoms with Crippen molar-refractivity contribution in [2.75, 3.05) is 11.5 Å². The van der Waals surface area contributed by atoms with Crippen LogP contribution >= 0.6 is 23.5 Å². The minimum atomic E-state index is 1.04. The van der Waals surface area contributed by atoms with Gasteiger partial charge in [0, 0.05) is 9.79 Å². The van der Waals surface area contributed by atoms with Crippen LogP contribution in [0.3, 0.4) is 0 Å². The highest BCUT2D eigenvalue weighted by molar-refractivity contribution is 8.00. The van der Waals surface area contributed by atoms with Gasteiger partial charge in [0.1, 0.15) is 0 Å². The lowest BCUT2D eigenvalue weighted by atomic mass is 10.1. The Labute approximate surface area is 223 Å². The van der Waals surface area contributed by atoms with E-state index in [4.69, 9.17) is 0 Å². The summed E-state index contributed by atoms with van der Waals surface area (Å²) in [6.45, 7) is 8.65. The maximum Gasteiger partial charge on any atom is 0.00858 e. The summed E-state index contributed by atoms with van der Waals surface area (Å²) >= 11 is 4.17. The predicted octanol–water partition coefficient (Wildman–Crippen LogP) is 12.1. The predicted molar refractivity (Wildman–Crippen MR) is 161 cm³/mol. The second-order valence-electron chi connectivity index (χ2n) is 10.1. The molecule has 0 unspecified atom stereocenters. The SMILES string of the molecule is [CH2]CCCc1cc(SCCCCCCCCCCC)cc(SCCCCCCCCCCC)c1. The lowest BCUT2D eigenvalue weighted by Gasteiger charge is -2.10. The summed E-state index contributed by atoms with van der Waals surface area (Å²) in [6, 6.07) is 7.37. The first-order chi connectivity index (χ1) is 16.8. The standard InChI is InChI=1S/C32H57S2/c1-4-7-10-12-14-16-18-20-22-25-33-31-27-30(24-9-6-3)28-32(29-31)34-26-23-21-19-17-15-13-11-8-5-2/h27-29H,3-26H2,1-2H3. The second-order valence-corrected chi connectivity index (χ2v) is 12.5. The highest BCUT2D eigenvalue weighted by Crippen LogP contribution is 2.29. The first kappa shape index (κ1) is 31.9. The van der Waals surface area contributed by atoms with Crippen molar-refractivity contribution in [3.8, 4) is 0 Å². The molecule has 0 aromatic heterocycles. The Morgan fingerprint density at radius 3 is 1.26 bits per heavy atom. The number of hydrogen-bond acceptors (Lipinski definition) is 2. The lowest BCUT2D eigenvalue weighted by Crippen LogP contribution is -1.90. The van der Waals surface area contributed by atoms with Crippen LogP contribution in [0.4, 0.5) is 0 Å². The third-order valence-corrected chi connectivity index (χ3v) is 8.81. The zero-order valence-electron chi connectivity index (χ0n) is 23.0. The fourth-order valence-electron chi connectivity index (χ4n) is 4.48. The number of benzene rings is 1. The fraction of sp³-hybridized carbons (Fsp3) is 0.781. The maximum atomic E-state index is 4.05. The number of rotatable bonds is 25. The van der Waals surface area contributed by atoms with E-state index in [2.05, 4.69) is 62.5 Å². The molecule has 0 heterocycles. The van der Waals surface area contributed by atoms with Gasteiger partial charge in [-0.3, -0.25) is 0 Å². The normalized spacial score (nSPS) is 11.4. The van der Waals surface area contributed by atoms with E-state index in [-0.39, 0.29) is 0 Å². The maximum absolute atomic E-state index is 4.05. The molecule has 34 heavy (non-hydrogen) atoms. The largest absolute Gasteiger partial charge is 0.126 e. The molecule has 0 amide bonds. The average Bonchev–Trinajstić information content (AvgIpc) is 2.85. The lowest BCUT2D eigenvalue weighted by molar-refractivity contribution is 0.573. The summed E-state index contributed by atoms with van der Waals surface area (Å²) in [5.41, 5.74) is 1.52. The Morgan fingerprint density at radius 2 is 0.882 bits per heavy atom. The molecule has 0 saturated heterocycles. The molecule has 0 aliphatic rings. The quantitative estimate of drug-likeness (QED) is 0.0956. The van der Waals surface area contributed by atoms with Gasteiger partial charge >= 0.3 is 0 Å². The first-order valence-corrected chi connectivity index (χ1v) is 17.0. The van der Waals surface area contributed by atoms with E-state index in [0.29, 0.717) is 0 Å². The third kappa shape index (κ3) is 19.1. The van der Waals surface area contributed by atoms with E-state index >= 15 is 0 Å². The Morgan fingerprint density at radius 1 is 0.500 bits per heavy atom. The van der Waals surface area contributed by atoms with Crippen LogP contribution in [0.1, 0.15) is 148 Å². The topological polar surface area (TPSA) is 0 Å². The van der Waals surface area contributed by atoms with Crippen LogP contribution in [0, 0.1) is 6.92 Å². The summed E-state index contributed by atoms with van der Waals surface area (Å²) in [5, 5.41) is 0. The average molecular weight is 506 g/mol. The third-order valence-electron chi connectivity index (χ3n) is 6.69. The summed E-state index contributed by atoms with van der Waals surface area (Å²) in [5.74, 6) is 2.55. The van der Waals surface area contributed by atoms with Crippen molar-refractivity contribution in [3.63, 3.8) is 0 Å². The van der Waals surface area contributed by atoms with Gasteiger partial charge in [-0.25, -0.2) is 0 Å². The minimum absolute atomic E-state index is 1.04. The molecule has 0 spiro atoms. The van der Waals surface area contributed by atoms with Crippen LogP contribution in [0.25, 0.3) is 0 Å². The van der Waals surface area contributed by atoms with E-state index < -0.39 is 0 Å². The molecule has 0 aliphatic carbocycles. The van der Waals surface area contributed by atoms with E-state index in [1.807, 2.05) is 0 Å². The molecule has 0 bridgehead atoms. The molecule has 0 fully saturated rings. The van der Waals surface area contributed by atoms with Crippen molar-refractivity contribution in [3.05, 3.63) is 30.7 Å². The fourth-order valence-corrected chi connectivity index (χ4v) is 6.61. The van der Waals surface area contributed by atoms with Crippen molar-refractivity contribution in [2.45, 2.75) is 158 Å². The van der Waals surface area contributed by atoms with Gasteiger partial charge in [0.2, 0.25) is 0 Å². The van der Waals surface area contributed by atoms with Crippen LogP contribution in [0.5, 0.6) is 0 Å². The van der Waals surface area contributed by atoms with Crippen LogP contribution in [-0.2, 0) is 6.42 Å². The monoisotopic (exact) mass is 505 g/mol. The minimum Gasteiger partial charge on any atom is -0.126 e. The molecule has 197 valence electrons. The molecule has 1 aromatic carbocycles. The molecule has 0 aliphatic heterocycles. The van der Waals surface area contributed by atoms with Crippen molar-refractivity contribution < 1.29 is 0 Å². The van der Waals surface area contributed by atoms with Gasteiger partial charge < -0.3 is 0 Å². The molecular weight excluding hydrogens is 448 g/mol. The molecule has 0 N–H and O–H groups in total. The highest BCUT2D eigenvalue weighted by Gasteiger charge is 2.04. The van der Waals surface area contributed by atoms with Crippen molar-refractivity contribution in [1.29, 1.82) is 0 Å². The van der Waals surface area contributed by atoms with Gasteiger partial charge in [0.05, 0.1) is 0 Å². The van der Waals surface area contributed by atoms with Crippen LogP contribution < -0.4 is 0 Å². The summed E-state index contributed by atoms with van der Waals surface area (Å²) in [4.78, 5) is 2.99. The molecule has 0 nitrogen and oxygen atoms in total. The summed E-state index contributed by atoms with van der Waals surface area (Å²) in [6.07, 6.45) is 28.9. The zero-order valence-corrected chi connectivity index (χ0v) is 24.7. The second kappa shape index (κ2) is 24.6. The van der Waals surface area contributed by atoms with E-state index in [0.717, 1.165) is 6.42 Å². The van der Waals surface area contributed by atoms with E-state index in [1.165, 1.54) is 155 Å². The zero-order chi connectivity index (χ0) is 24.5. The number of thioether (sulfide) groups is 2. The Kier molecular flexibility index (Phi) is 23.1. The van der Waals surface area contributed by atoms with Crippen LogP contribution in [0.15, 0.2) is 28.0 Å². The first-order valence-electron chi connectivity index (χ1n) is 15.0. The van der Waals surface area contributed by atoms with Gasteiger partial charge in [-0.1, -0.05) is 130 Å². The molecule has 1 rings (SSSR count). The van der Waals surface area contributed by atoms with Crippen LogP contribution in [-0.4, -0.2) is 11.5 Å². The van der Waals surface area contributed by atoms with Gasteiger partial charge in [0.15, 0.2) is 0 Å². The van der Waals surface area contributed by atoms with Crippen molar-refractivity contribution in [1.82, 2.24) is 0 Å². The Balaban J connectivity index is 2.24. The van der Waals surface area contributed by atoms with Crippen molar-refractivity contribution in [2.24, 2.45) is 0 Å². The van der Waals surface area contributed by atoms with E-state index in [1.54, 1.807) is 0 Å². The molecular formula is C32H57S2. The molecule has 1 aromatic rings. The Hall–Kier alpha value is -0.0800. The van der Waals surface area contributed by atoms with Crippen LogP contribution in [0.2, 0.25) is 0 Å². The van der Waals surface area contributed by atoms with Gasteiger partial charge in [-0.2, -0.15) is 0 Å². The molecule has 0 atom stereocenters. The van der Waals surface area contributed by atoms with Crippen molar-refractivity contribution >= 4 is 23.5 Å².